The van der Waals surface area contributed by atoms with Crippen molar-refractivity contribution < 1.29 is 0 Å². The van der Waals surface area contributed by atoms with Crippen LogP contribution in [0.3, 0.4) is 0 Å². The van der Waals surface area contributed by atoms with Crippen LogP contribution in [0.1, 0.15) is 64.5 Å². The first kappa shape index (κ1) is 13.3. The van der Waals surface area contributed by atoms with Crippen molar-refractivity contribution in [3.63, 3.8) is 0 Å². The van der Waals surface area contributed by atoms with Gasteiger partial charge in [0.15, 0.2) is 0 Å². The summed E-state index contributed by atoms with van der Waals surface area (Å²) in [6.07, 6.45) is 6.51. The van der Waals surface area contributed by atoms with Gasteiger partial charge in [-0.2, -0.15) is 0 Å². The second-order valence-corrected chi connectivity index (χ2v) is 5.66. The van der Waals surface area contributed by atoms with E-state index < -0.39 is 0 Å². The van der Waals surface area contributed by atoms with E-state index in [4.69, 9.17) is 0 Å². The van der Waals surface area contributed by atoms with Crippen LogP contribution in [0, 0.1) is 6.07 Å². The minimum Gasteiger partial charge on any atom is -0.0654 e. The summed E-state index contributed by atoms with van der Waals surface area (Å²) in [6.45, 7) is 9.06. The Balaban J connectivity index is 2.54. The van der Waals surface area contributed by atoms with Gasteiger partial charge in [-0.25, -0.2) is 0 Å². The summed E-state index contributed by atoms with van der Waals surface area (Å²) in [5, 5.41) is 0. The zero-order chi connectivity index (χ0) is 12.0. The van der Waals surface area contributed by atoms with E-state index in [-0.39, 0.29) is 5.41 Å². The molecule has 0 aliphatic carbocycles. The van der Waals surface area contributed by atoms with Crippen LogP contribution in [0.5, 0.6) is 0 Å². The second kappa shape index (κ2) is 6.08. The van der Waals surface area contributed by atoms with Gasteiger partial charge in [-0.05, 0) is 35.4 Å². The van der Waals surface area contributed by atoms with Crippen molar-refractivity contribution in [1.29, 1.82) is 0 Å². The molecule has 0 atom stereocenters. The molecule has 0 heterocycles. The van der Waals surface area contributed by atoms with Crippen LogP contribution in [0.25, 0.3) is 0 Å². The lowest BCUT2D eigenvalue weighted by atomic mass is 9.86. The fourth-order valence-corrected chi connectivity index (χ4v) is 1.87. The predicted molar refractivity (Wildman–Crippen MR) is 71.8 cm³/mol. The van der Waals surface area contributed by atoms with Crippen molar-refractivity contribution in [2.45, 2.75) is 65.2 Å². The van der Waals surface area contributed by atoms with Crippen LogP contribution in [0.2, 0.25) is 0 Å². The van der Waals surface area contributed by atoms with Crippen LogP contribution in [0.4, 0.5) is 0 Å². The third kappa shape index (κ3) is 4.38. The highest BCUT2D eigenvalue weighted by atomic mass is 14.2. The minimum atomic E-state index is 0.257. The number of unbranched alkanes of at least 4 members (excludes halogenated alkanes) is 3. The number of benzene rings is 1. The highest BCUT2D eigenvalue weighted by molar-refractivity contribution is 5.27. The van der Waals surface area contributed by atoms with Crippen LogP contribution >= 0.6 is 0 Å². The molecule has 0 saturated carbocycles. The summed E-state index contributed by atoms with van der Waals surface area (Å²) in [5.41, 5.74) is 3.06. The van der Waals surface area contributed by atoms with Crippen molar-refractivity contribution in [3.05, 3.63) is 35.4 Å². The Morgan fingerprint density at radius 1 is 1.12 bits per heavy atom. The summed E-state index contributed by atoms with van der Waals surface area (Å²) in [4.78, 5) is 0. The molecule has 0 unspecified atom stereocenters. The highest BCUT2D eigenvalue weighted by Crippen LogP contribution is 2.23. The molecule has 1 radical (unpaired) electrons. The van der Waals surface area contributed by atoms with Crippen LogP contribution in [-0.4, -0.2) is 0 Å². The maximum absolute atomic E-state index is 3.36. The molecule has 1 aromatic carbocycles. The molecule has 1 rings (SSSR count). The molecule has 0 heteroatoms. The lowest BCUT2D eigenvalue weighted by molar-refractivity contribution is 0.588. The molecule has 89 valence electrons. The van der Waals surface area contributed by atoms with Crippen molar-refractivity contribution in [2.75, 3.05) is 0 Å². The van der Waals surface area contributed by atoms with E-state index in [9.17, 15) is 0 Å². The van der Waals surface area contributed by atoms with E-state index in [1.54, 1.807) is 0 Å². The molecule has 0 amide bonds. The quantitative estimate of drug-likeness (QED) is 0.615. The van der Waals surface area contributed by atoms with Crippen LogP contribution < -0.4 is 0 Å². The van der Waals surface area contributed by atoms with Gasteiger partial charge in [0, 0.05) is 0 Å². The average molecular weight is 217 g/mol. The normalized spacial score (nSPS) is 11.8. The van der Waals surface area contributed by atoms with Gasteiger partial charge >= 0.3 is 0 Å². The number of hydrogen-bond donors (Lipinski definition) is 0. The van der Waals surface area contributed by atoms with E-state index in [1.807, 2.05) is 0 Å². The summed E-state index contributed by atoms with van der Waals surface area (Å²) in [6, 6.07) is 9.95. The van der Waals surface area contributed by atoms with E-state index in [2.05, 4.69) is 52.0 Å². The molecule has 0 aliphatic heterocycles. The Morgan fingerprint density at radius 2 is 1.88 bits per heavy atom. The molecule has 0 N–H and O–H groups in total. The van der Waals surface area contributed by atoms with E-state index in [0.29, 0.717) is 0 Å². The molecular formula is C16H25. The Bertz CT molecular complexity index is 304. The largest absolute Gasteiger partial charge is 0.0654 e. The van der Waals surface area contributed by atoms with E-state index in [0.717, 1.165) is 0 Å². The van der Waals surface area contributed by atoms with Crippen LogP contribution in [-0.2, 0) is 11.8 Å². The van der Waals surface area contributed by atoms with Gasteiger partial charge in [-0.15, -0.1) is 0 Å². The highest BCUT2D eigenvalue weighted by Gasteiger charge is 2.13. The fourth-order valence-electron chi connectivity index (χ4n) is 1.87. The lowest BCUT2D eigenvalue weighted by Gasteiger charge is -2.19. The first-order chi connectivity index (χ1) is 7.54. The molecule has 0 aromatic heterocycles. The molecule has 0 saturated heterocycles. The van der Waals surface area contributed by atoms with Gasteiger partial charge in [0.2, 0.25) is 0 Å². The SMILES string of the molecule is CCCCCCc1[c]ccc(C(C)(C)C)c1. The summed E-state index contributed by atoms with van der Waals surface area (Å²) < 4.78 is 0. The Hall–Kier alpha value is -0.780. The van der Waals surface area contributed by atoms with E-state index >= 15 is 0 Å². The molecular weight excluding hydrogens is 192 g/mol. The predicted octanol–water partition coefficient (Wildman–Crippen LogP) is 4.91. The first-order valence-corrected chi connectivity index (χ1v) is 6.55. The molecule has 1 aromatic rings. The minimum absolute atomic E-state index is 0.257. The molecule has 0 fully saturated rings. The van der Waals surface area contributed by atoms with Gasteiger partial charge in [0.25, 0.3) is 0 Å². The second-order valence-electron chi connectivity index (χ2n) is 5.66. The topological polar surface area (TPSA) is 0 Å². The Labute approximate surface area is 101 Å². The number of hydrogen-bond acceptors (Lipinski definition) is 0. The van der Waals surface area contributed by atoms with Gasteiger partial charge in [0.05, 0.1) is 0 Å². The van der Waals surface area contributed by atoms with Gasteiger partial charge in [-0.3, -0.25) is 0 Å². The lowest BCUT2D eigenvalue weighted by Crippen LogP contribution is -2.11. The molecule has 16 heavy (non-hydrogen) atoms. The monoisotopic (exact) mass is 217 g/mol. The van der Waals surface area contributed by atoms with Crippen molar-refractivity contribution in [3.8, 4) is 0 Å². The smallest absolute Gasteiger partial charge is 0.0132 e. The summed E-state index contributed by atoms with van der Waals surface area (Å²) in [7, 11) is 0. The third-order valence-corrected chi connectivity index (χ3v) is 3.03. The zero-order valence-electron chi connectivity index (χ0n) is 11.3. The first-order valence-electron chi connectivity index (χ1n) is 6.55. The maximum Gasteiger partial charge on any atom is -0.0132 e. The Morgan fingerprint density at radius 3 is 2.50 bits per heavy atom. The number of rotatable bonds is 5. The van der Waals surface area contributed by atoms with Gasteiger partial charge in [-0.1, -0.05) is 65.2 Å². The fraction of sp³-hybridized carbons (Fsp3) is 0.625. The Kier molecular flexibility index (Phi) is 5.05. The third-order valence-electron chi connectivity index (χ3n) is 3.03. The standard InChI is InChI=1S/C16H25/c1-5-6-7-8-10-14-11-9-12-15(13-14)16(2,3)4/h9,12-13H,5-8,10H2,1-4H3. The molecule has 0 bridgehead atoms. The maximum atomic E-state index is 3.36. The van der Waals surface area contributed by atoms with Crippen molar-refractivity contribution >= 4 is 0 Å². The van der Waals surface area contributed by atoms with Crippen molar-refractivity contribution in [1.82, 2.24) is 0 Å². The molecule has 0 spiro atoms. The molecule has 0 nitrogen and oxygen atoms in total. The number of aryl methyl sites for hydroxylation is 1. The molecule has 0 aliphatic rings. The van der Waals surface area contributed by atoms with E-state index in [1.165, 1.54) is 43.2 Å². The summed E-state index contributed by atoms with van der Waals surface area (Å²) >= 11 is 0. The summed E-state index contributed by atoms with van der Waals surface area (Å²) in [5.74, 6) is 0. The van der Waals surface area contributed by atoms with Gasteiger partial charge < -0.3 is 0 Å². The zero-order valence-corrected chi connectivity index (χ0v) is 11.3. The van der Waals surface area contributed by atoms with Crippen molar-refractivity contribution in [2.24, 2.45) is 0 Å². The average Bonchev–Trinajstić information content (AvgIpc) is 2.24. The van der Waals surface area contributed by atoms with Crippen LogP contribution in [0.15, 0.2) is 18.2 Å². The van der Waals surface area contributed by atoms with Gasteiger partial charge in [0.1, 0.15) is 0 Å².